The van der Waals surface area contributed by atoms with Gasteiger partial charge in [0.15, 0.2) is 5.16 Å². The van der Waals surface area contributed by atoms with Crippen molar-refractivity contribution in [2.24, 2.45) is 0 Å². The minimum absolute atomic E-state index is 0.0685. The highest BCUT2D eigenvalue weighted by Crippen LogP contribution is 2.36. The Morgan fingerprint density at radius 2 is 2.11 bits per heavy atom. The molecule has 5 nitrogen and oxygen atoms in total. The lowest BCUT2D eigenvalue weighted by Gasteiger charge is -2.13. The van der Waals surface area contributed by atoms with E-state index >= 15 is 0 Å². The predicted molar refractivity (Wildman–Crippen MR) is 110 cm³/mol. The van der Waals surface area contributed by atoms with Crippen LogP contribution < -0.4 is 10.3 Å². The van der Waals surface area contributed by atoms with E-state index in [2.05, 4.69) is 0 Å². The Morgan fingerprint density at radius 1 is 1.26 bits per heavy atom. The Labute approximate surface area is 166 Å². The summed E-state index contributed by atoms with van der Waals surface area (Å²) in [5.41, 5.74) is 2.38. The lowest BCUT2D eigenvalue weighted by molar-refractivity contribution is 0.183. The van der Waals surface area contributed by atoms with Gasteiger partial charge in [0, 0.05) is 23.3 Å². The number of nitrogens with zero attached hydrogens (tertiary/aromatic N) is 2. The molecule has 0 N–H and O–H groups in total. The Balaban J connectivity index is 1.73. The molecule has 27 heavy (non-hydrogen) atoms. The number of benzene rings is 1. The highest BCUT2D eigenvalue weighted by Gasteiger charge is 2.23. The summed E-state index contributed by atoms with van der Waals surface area (Å²) < 4.78 is 12.4. The molecule has 2 aromatic heterocycles. The van der Waals surface area contributed by atoms with Crippen LogP contribution in [0, 0.1) is 0 Å². The number of para-hydroxylation sites is 1. The number of hydrogen-bond donors (Lipinski definition) is 0. The van der Waals surface area contributed by atoms with Crippen LogP contribution in [0.4, 0.5) is 0 Å². The zero-order valence-corrected chi connectivity index (χ0v) is 17.1. The molecule has 0 bridgehead atoms. The first-order valence-electron chi connectivity index (χ1n) is 9.01. The van der Waals surface area contributed by atoms with Crippen LogP contribution in [-0.2, 0) is 29.9 Å². The zero-order valence-electron chi connectivity index (χ0n) is 15.5. The fourth-order valence-corrected chi connectivity index (χ4v) is 5.83. The summed E-state index contributed by atoms with van der Waals surface area (Å²) in [7, 11) is 3.33. The van der Waals surface area contributed by atoms with Crippen LogP contribution in [0.1, 0.15) is 22.4 Å². The predicted octanol–water partition coefficient (Wildman–Crippen LogP) is 3.89. The van der Waals surface area contributed by atoms with Crippen LogP contribution in [0.15, 0.2) is 34.2 Å². The summed E-state index contributed by atoms with van der Waals surface area (Å²) >= 11 is 3.26. The molecular weight excluding hydrogens is 380 g/mol. The average molecular weight is 403 g/mol. The average Bonchev–Trinajstić information content (AvgIpc) is 3.26. The molecule has 3 aromatic rings. The van der Waals surface area contributed by atoms with Gasteiger partial charge in [0.1, 0.15) is 10.6 Å². The third-order valence-corrected chi connectivity index (χ3v) is 7.07. The van der Waals surface area contributed by atoms with Crippen LogP contribution in [0.3, 0.4) is 0 Å². The number of thiophene rings is 1. The van der Waals surface area contributed by atoms with Crippen molar-refractivity contribution in [2.45, 2.75) is 36.7 Å². The van der Waals surface area contributed by atoms with Gasteiger partial charge in [-0.15, -0.1) is 11.3 Å². The first-order chi connectivity index (χ1) is 13.2. The maximum absolute atomic E-state index is 13.2. The van der Waals surface area contributed by atoms with E-state index < -0.39 is 0 Å². The van der Waals surface area contributed by atoms with Crippen molar-refractivity contribution in [3.05, 3.63) is 50.6 Å². The van der Waals surface area contributed by atoms with E-state index in [9.17, 15) is 4.79 Å². The van der Waals surface area contributed by atoms with Gasteiger partial charge in [-0.3, -0.25) is 9.36 Å². The van der Waals surface area contributed by atoms with Crippen LogP contribution >= 0.6 is 23.1 Å². The molecule has 0 saturated carbocycles. The topological polar surface area (TPSA) is 53.4 Å². The quantitative estimate of drug-likeness (QED) is 0.443. The minimum atomic E-state index is 0.0685. The number of thioether (sulfide) groups is 1. The van der Waals surface area contributed by atoms with Gasteiger partial charge >= 0.3 is 0 Å². The second-order valence-corrected chi connectivity index (χ2v) is 8.51. The fraction of sp³-hybridized carbons (Fsp3) is 0.400. The maximum Gasteiger partial charge on any atom is 0.263 e. The molecule has 1 aliphatic carbocycles. The normalized spacial score (nSPS) is 13.3. The minimum Gasteiger partial charge on any atom is -0.496 e. The Kier molecular flexibility index (Phi) is 5.52. The molecule has 0 spiro atoms. The highest BCUT2D eigenvalue weighted by atomic mass is 32.2. The molecule has 4 rings (SSSR count). The molecule has 0 amide bonds. The van der Waals surface area contributed by atoms with Crippen LogP contribution in [0.25, 0.3) is 10.2 Å². The molecule has 2 heterocycles. The van der Waals surface area contributed by atoms with Gasteiger partial charge in [0.2, 0.25) is 0 Å². The van der Waals surface area contributed by atoms with Crippen molar-refractivity contribution >= 4 is 33.3 Å². The number of methoxy groups -OCH3 is 2. The standard InChI is InChI=1S/C20H22N2O3S2/c1-24-11-10-22-19(23)17-14-7-5-9-16(14)27-18(17)21-20(22)26-12-13-6-3-4-8-15(13)25-2/h3-4,6,8H,5,7,9-12H2,1-2H3. The molecule has 1 aromatic carbocycles. The smallest absolute Gasteiger partial charge is 0.263 e. The lowest BCUT2D eigenvalue weighted by Crippen LogP contribution is -2.25. The second kappa shape index (κ2) is 8.04. The Bertz CT molecular complexity index is 1030. The van der Waals surface area contributed by atoms with Crippen molar-refractivity contribution in [3.63, 3.8) is 0 Å². The van der Waals surface area contributed by atoms with E-state index in [1.807, 2.05) is 24.3 Å². The molecule has 0 unspecified atom stereocenters. The van der Waals surface area contributed by atoms with E-state index in [1.165, 1.54) is 10.4 Å². The summed E-state index contributed by atoms with van der Waals surface area (Å²) in [5.74, 6) is 1.55. The van der Waals surface area contributed by atoms with E-state index in [0.717, 1.165) is 45.9 Å². The largest absolute Gasteiger partial charge is 0.496 e. The van der Waals surface area contributed by atoms with Gasteiger partial charge in [-0.1, -0.05) is 30.0 Å². The second-order valence-electron chi connectivity index (χ2n) is 6.48. The van der Waals surface area contributed by atoms with E-state index in [1.54, 1.807) is 41.9 Å². The third kappa shape index (κ3) is 3.51. The molecule has 142 valence electrons. The maximum atomic E-state index is 13.2. The number of fused-ring (bicyclic) bond motifs is 3. The van der Waals surface area contributed by atoms with Crippen LogP contribution in [0.5, 0.6) is 5.75 Å². The summed E-state index contributed by atoms with van der Waals surface area (Å²) in [6.07, 6.45) is 3.20. The van der Waals surface area contributed by atoms with E-state index in [0.29, 0.717) is 18.9 Å². The highest BCUT2D eigenvalue weighted by molar-refractivity contribution is 7.98. The van der Waals surface area contributed by atoms with E-state index in [4.69, 9.17) is 14.5 Å². The lowest BCUT2D eigenvalue weighted by atomic mass is 10.2. The summed E-state index contributed by atoms with van der Waals surface area (Å²) in [6.45, 7) is 0.999. The zero-order chi connectivity index (χ0) is 18.8. The van der Waals surface area contributed by atoms with Crippen LogP contribution in [-0.4, -0.2) is 30.4 Å². The molecule has 0 fully saturated rings. The molecule has 0 saturated heterocycles. The first-order valence-corrected chi connectivity index (χ1v) is 10.8. The third-order valence-electron chi connectivity index (χ3n) is 4.86. The fourth-order valence-electron chi connectivity index (χ4n) is 3.51. The summed E-state index contributed by atoms with van der Waals surface area (Å²) in [4.78, 5) is 20.3. The molecular formula is C20H22N2O3S2. The van der Waals surface area contributed by atoms with Gasteiger partial charge in [0.25, 0.3) is 5.56 Å². The number of aromatic nitrogens is 2. The number of rotatable bonds is 7. The van der Waals surface area contributed by atoms with Crippen molar-refractivity contribution in [3.8, 4) is 5.75 Å². The number of hydrogen-bond acceptors (Lipinski definition) is 6. The van der Waals surface area contributed by atoms with Gasteiger partial charge in [-0.25, -0.2) is 4.98 Å². The molecule has 0 radical (unpaired) electrons. The monoisotopic (exact) mass is 402 g/mol. The van der Waals surface area contributed by atoms with Crippen molar-refractivity contribution in [1.82, 2.24) is 9.55 Å². The van der Waals surface area contributed by atoms with E-state index in [-0.39, 0.29) is 5.56 Å². The summed E-state index contributed by atoms with van der Waals surface area (Å²) in [6, 6.07) is 7.95. The van der Waals surface area contributed by atoms with Gasteiger partial charge in [-0.05, 0) is 30.9 Å². The van der Waals surface area contributed by atoms with Gasteiger partial charge in [0.05, 0.1) is 25.6 Å². The van der Waals surface area contributed by atoms with Gasteiger partial charge < -0.3 is 9.47 Å². The SMILES string of the molecule is COCCn1c(SCc2ccccc2OC)nc2sc3c(c2c1=O)CCC3. The molecule has 0 atom stereocenters. The van der Waals surface area contributed by atoms with Gasteiger partial charge in [-0.2, -0.15) is 0 Å². The van der Waals surface area contributed by atoms with Crippen molar-refractivity contribution in [2.75, 3.05) is 20.8 Å². The molecule has 7 heteroatoms. The van der Waals surface area contributed by atoms with Crippen molar-refractivity contribution < 1.29 is 9.47 Å². The Hall–Kier alpha value is -1.83. The summed E-state index contributed by atoms with van der Waals surface area (Å²) in [5, 5.41) is 1.57. The van der Waals surface area contributed by atoms with Crippen molar-refractivity contribution in [1.29, 1.82) is 0 Å². The molecule has 1 aliphatic rings. The molecule has 0 aliphatic heterocycles. The first kappa shape index (κ1) is 18.5. The Morgan fingerprint density at radius 3 is 2.93 bits per heavy atom. The number of aryl methyl sites for hydroxylation is 2. The van der Waals surface area contributed by atoms with Crippen LogP contribution in [0.2, 0.25) is 0 Å². The number of ether oxygens (including phenoxy) is 2.